The Kier molecular flexibility index (Phi) is 5.66. The molecule has 1 fully saturated rings. The molecule has 1 aliphatic rings. The molecule has 0 spiro atoms. The maximum atomic E-state index is 11.8. The highest BCUT2D eigenvalue weighted by Crippen LogP contribution is 2.22. The molecule has 1 heterocycles. The van der Waals surface area contributed by atoms with Crippen molar-refractivity contribution in [3.63, 3.8) is 0 Å². The minimum atomic E-state index is -1.48. The zero-order valence-electron chi connectivity index (χ0n) is 13.3. The van der Waals surface area contributed by atoms with Gasteiger partial charge in [0.1, 0.15) is 13.7 Å². The Morgan fingerprint density at radius 3 is 2.35 bits per heavy atom. The second-order valence-corrected chi connectivity index (χ2v) is 11.7. The van der Waals surface area contributed by atoms with Crippen LogP contribution in [-0.4, -0.2) is 49.5 Å². The van der Waals surface area contributed by atoms with E-state index < -0.39 is 13.7 Å². The van der Waals surface area contributed by atoms with Gasteiger partial charge in [0.25, 0.3) is 0 Å². The van der Waals surface area contributed by atoms with Gasteiger partial charge in [0.05, 0.1) is 6.61 Å². The predicted octanol–water partition coefficient (Wildman–Crippen LogP) is 2.49. The van der Waals surface area contributed by atoms with Gasteiger partial charge < -0.3 is 14.7 Å². The summed E-state index contributed by atoms with van der Waals surface area (Å²) in [6.45, 7) is 11.9. The van der Waals surface area contributed by atoms with Crippen LogP contribution in [0.3, 0.4) is 0 Å². The molecule has 5 heteroatoms. The summed E-state index contributed by atoms with van der Waals surface area (Å²) in [6, 6.07) is 0. The van der Waals surface area contributed by atoms with Gasteiger partial charge >= 0.3 is 6.09 Å². The summed E-state index contributed by atoms with van der Waals surface area (Å²) >= 11 is 0. The number of hydrogen-bond acceptors (Lipinski definition) is 3. The van der Waals surface area contributed by atoms with Gasteiger partial charge in [-0.05, 0) is 5.92 Å². The SMILES string of the molecule is CC(C)COC(=O)N1CCC(O)(C#C[Si](C)(C)C)CC1. The molecule has 1 saturated heterocycles. The summed E-state index contributed by atoms with van der Waals surface area (Å²) in [5.41, 5.74) is 2.29. The Bertz CT molecular complexity index is 396. The van der Waals surface area contributed by atoms with Crippen LogP contribution in [0.1, 0.15) is 26.7 Å². The first kappa shape index (κ1) is 17.1. The first-order valence-electron chi connectivity index (χ1n) is 7.30. The lowest BCUT2D eigenvalue weighted by Crippen LogP contribution is -2.46. The number of ether oxygens (including phenoxy) is 1. The molecule has 1 N–H and O–H groups in total. The molecule has 0 aromatic rings. The number of nitrogens with zero attached hydrogens (tertiary/aromatic N) is 1. The maximum Gasteiger partial charge on any atom is 0.409 e. The normalized spacial score (nSPS) is 18.4. The van der Waals surface area contributed by atoms with Gasteiger partial charge in [0.2, 0.25) is 0 Å². The summed E-state index contributed by atoms with van der Waals surface area (Å²) in [5, 5.41) is 10.4. The fraction of sp³-hybridized carbons (Fsp3) is 0.800. The van der Waals surface area contributed by atoms with Crippen LogP contribution in [0, 0.1) is 17.4 Å². The average molecular weight is 297 g/mol. The van der Waals surface area contributed by atoms with Crippen LogP contribution in [0.15, 0.2) is 0 Å². The van der Waals surface area contributed by atoms with Crippen molar-refractivity contribution < 1.29 is 14.6 Å². The van der Waals surface area contributed by atoms with E-state index in [0.717, 1.165) is 0 Å². The molecule has 0 aromatic heterocycles. The first-order valence-corrected chi connectivity index (χ1v) is 10.8. The Morgan fingerprint density at radius 2 is 1.90 bits per heavy atom. The highest BCUT2D eigenvalue weighted by Gasteiger charge is 2.33. The van der Waals surface area contributed by atoms with E-state index in [4.69, 9.17) is 4.74 Å². The third-order valence-electron chi connectivity index (χ3n) is 3.06. The molecule has 0 atom stereocenters. The van der Waals surface area contributed by atoms with Crippen molar-refractivity contribution in [3.05, 3.63) is 0 Å². The van der Waals surface area contributed by atoms with Crippen molar-refractivity contribution in [2.24, 2.45) is 5.92 Å². The van der Waals surface area contributed by atoms with Crippen molar-refractivity contribution in [1.29, 1.82) is 0 Å². The number of carbonyl (C=O) groups excluding carboxylic acids is 1. The number of likely N-dealkylation sites (tertiary alicyclic amines) is 1. The van der Waals surface area contributed by atoms with Crippen LogP contribution >= 0.6 is 0 Å². The van der Waals surface area contributed by atoms with E-state index in [1.54, 1.807) is 4.90 Å². The monoisotopic (exact) mass is 297 g/mol. The molecule has 1 amide bonds. The highest BCUT2D eigenvalue weighted by atomic mass is 28.3. The minimum Gasteiger partial charge on any atom is -0.449 e. The van der Waals surface area contributed by atoms with Gasteiger partial charge in [0.15, 0.2) is 0 Å². The summed E-state index contributed by atoms with van der Waals surface area (Å²) in [4.78, 5) is 13.5. The molecule has 4 nitrogen and oxygen atoms in total. The van der Waals surface area contributed by atoms with Crippen molar-refractivity contribution in [1.82, 2.24) is 4.90 Å². The topological polar surface area (TPSA) is 49.8 Å². The highest BCUT2D eigenvalue weighted by molar-refractivity contribution is 6.83. The molecule has 1 aliphatic heterocycles. The summed E-state index contributed by atoms with van der Waals surface area (Å²) in [6.07, 6.45) is 0.724. The van der Waals surface area contributed by atoms with E-state index in [-0.39, 0.29) is 6.09 Å². The van der Waals surface area contributed by atoms with E-state index in [1.807, 2.05) is 13.8 Å². The molecule has 114 valence electrons. The second kappa shape index (κ2) is 6.64. The maximum absolute atomic E-state index is 11.8. The lowest BCUT2D eigenvalue weighted by atomic mass is 9.93. The van der Waals surface area contributed by atoms with Crippen LogP contribution in [0.2, 0.25) is 19.6 Å². The zero-order chi connectivity index (χ0) is 15.4. The van der Waals surface area contributed by atoms with Crippen molar-refractivity contribution in [2.75, 3.05) is 19.7 Å². The molecule has 20 heavy (non-hydrogen) atoms. The van der Waals surface area contributed by atoms with Gasteiger partial charge in [-0.2, -0.15) is 0 Å². The third kappa shape index (κ3) is 5.97. The standard InChI is InChI=1S/C15H27NO3Si/c1-13(2)12-19-14(17)16-9-6-15(18,7-10-16)8-11-20(3,4)5/h13,18H,6-7,9-10,12H2,1-5H3. The molecule has 0 unspecified atom stereocenters. The Labute approximate surface area is 123 Å². The molecule has 0 aromatic carbocycles. The number of piperidine rings is 1. The van der Waals surface area contributed by atoms with Crippen molar-refractivity contribution in [2.45, 2.75) is 51.9 Å². The lowest BCUT2D eigenvalue weighted by Gasteiger charge is -2.34. The molecule has 0 saturated carbocycles. The number of rotatable bonds is 2. The Morgan fingerprint density at radius 1 is 1.35 bits per heavy atom. The van der Waals surface area contributed by atoms with Gasteiger partial charge in [-0.1, -0.05) is 39.4 Å². The van der Waals surface area contributed by atoms with E-state index in [2.05, 4.69) is 31.1 Å². The Hall–Kier alpha value is -0.993. The zero-order valence-corrected chi connectivity index (χ0v) is 14.3. The number of aliphatic hydroxyl groups is 1. The molecule has 0 aliphatic carbocycles. The minimum absolute atomic E-state index is 0.279. The largest absolute Gasteiger partial charge is 0.449 e. The van der Waals surface area contributed by atoms with Gasteiger partial charge in [-0.3, -0.25) is 0 Å². The summed E-state index contributed by atoms with van der Waals surface area (Å²) in [5.74, 6) is 3.37. The van der Waals surface area contributed by atoms with E-state index in [0.29, 0.717) is 38.5 Å². The van der Waals surface area contributed by atoms with Crippen LogP contribution in [0.4, 0.5) is 4.79 Å². The van der Waals surface area contributed by atoms with E-state index >= 15 is 0 Å². The van der Waals surface area contributed by atoms with Gasteiger partial charge in [-0.25, -0.2) is 4.79 Å². The van der Waals surface area contributed by atoms with Crippen LogP contribution in [0.25, 0.3) is 0 Å². The smallest absolute Gasteiger partial charge is 0.409 e. The Balaban J connectivity index is 2.50. The van der Waals surface area contributed by atoms with Gasteiger partial charge in [-0.15, -0.1) is 5.54 Å². The molecule has 0 radical (unpaired) electrons. The fourth-order valence-electron chi connectivity index (χ4n) is 1.82. The van der Waals surface area contributed by atoms with E-state index in [9.17, 15) is 9.90 Å². The average Bonchev–Trinajstić information content (AvgIpc) is 2.34. The summed E-state index contributed by atoms with van der Waals surface area (Å²) < 4.78 is 5.20. The molecule has 0 bridgehead atoms. The molecular weight excluding hydrogens is 270 g/mol. The van der Waals surface area contributed by atoms with Crippen molar-refractivity contribution in [3.8, 4) is 11.5 Å². The first-order chi connectivity index (χ1) is 9.11. The predicted molar refractivity (Wildman–Crippen MR) is 83.1 cm³/mol. The quantitative estimate of drug-likeness (QED) is 0.629. The van der Waals surface area contributed by atoms with Gasteiger partial charge in [0, 0.05) is 25.9 Å². The second-order valence-electron chi connectivity index (χ2n) is 6.99. The lowest BCUT2D eigenvalue weighted by molar-refractivity contribution is 0.0198. The van der Waals surface area contributed by atoms with Crippen molar-refractivity contribution >= 4 is 14.2 Å². The fourth-order valence-corrected chi connectivity index (χ4v) is 2.42. The van der Waals surface area contributed by atoms with Crippen LogP contribution in [-0.2, 0) is 4.74 Å². The third-order valence-corrected chi connectivity index (χ3v) is 3.93. The number of hydrogen-bond donors (Lipinski definition) is 1. The number of carbonyl (C=O) groups is 1. The van der Waals surface area contributed by atoms with Crippen LogP contribution in [0.5, 0.6) is 0 Å². The van der Waals surface area contributed by atoms with E-state index in [1.165, 1.54) is 0 Å². The van der Waals surface area contributed by atoms with Crippen LogP contribution < -0.4 is 0 Å². The molecular formula is C15H27NO3Si. The molecule has 1 rings (SSSR count). The number of amides is 1. The summed E-state index contributed by atoms with van der Waals surface area (Å²) in [7, 11) is -1.48.